The Bertz CT molecular complexity index is 531. The predicted molar refractivity (Wildman–Crippen MR) is 82.3 cm³/mol. The summed E-state index contributed by atoms with van der Waals surface area (Å²) in [5, 5.41) is 4.03. The van der Waals surface area contributed by atoms with Crippen molar-refractivity contribution in [2.24, 2.45) is 0 Å². The maximum absolute atomic E-state index is 6.03. The Morgan fingerprint density at radius 2 is 2.20 bits per heavy atom. The van der Waals surface area contributed by atoms with E-state index >= 15 is 0 Å². The topological polar surface area (TPSA) is 34.1 Å². The Morgan fingerprint density at radius 1 is 1.30 bits per heavy atom. The van der Waals surface area contributed by atoms with Crippen LogP contribution in [0.2, 0.25) is 5.02 Å². The second kappa shape index (κ2) is 7.88. The van der Waals surface area contributed by atoms with Gasteiger partial charge in [0.1, 0.15) is 5.75 Å². The Balaban J connectivity index is 1.94. The number of ether oxygens (including phenoxy) is 1. The van der Waals surface area contributed by atoms with E-state index < -0.39 is 0 Å². The van der Waals surface area contributed by atoms with Gasteiger partial charge in [-0.25, -0.2) is 0 Å². The first kappa shape index (κ1) is 14.8. The summed E-state index contributed by atoms with van der Waals surface area (Å²) in [6.07, 6.45) is 4.49. The molecule has 0 saturated carbocycles. The van der Waals surface area contributed by atoms with Gasteiger partial charge in [0.2, 0.25) is 0 Å². The molecular weight excluding hydrogens is 272 g/mol. The second-order valence-electron chi connectivity index (χ2n) is 4.49. The lowest BCUT2D eigenvalue weighted by molar-refractivity contribution is 0.317. The zero-order valence-electron chi connectivity index (χ0n) is 11.6. The highest BCUT2D eigenvalue weighted by Crippen LogP contribution is 2.23. The van der Waals surface area contributed by atoms with E-state index in [0.717, 1.165) is 35.8 Å². The smallest absolute Gasteiger partial charge is 0.123 e. The van der Waals surface area contributed by atoms with Crippen molar-refractivity contribution in [3.8, 4) is 5.75 Å². The van der Waals surface area contributed by atoms with Crippen LogP contribution in [0.3, 0.4) is 0 Å². The SMILES string of the molecule is CCNCc1cc(Cl)ccc1OCCc1cccnc1. The summed E-state index contributed by atoms with van der Waals surface area (Å²) >= 11 is 6.03. The van der Waals surface area contributed by atoms with Crippen molar-refractivity contribution in [2.75, 3.05) is 13.2 Å². The normalized spacial score (nSPS) is 10.5. The zero-order chi connectivity index (χ0) is 14.2. The van der Waals surface area contributed by atoms with Gasteiger partial charge in [-0.15, -0.1) is 0 Å². The molecule has 0 spiro atoms. The van der Waals surface area contributed by atoms with Crippen LogP contribution in [0.15, 0.2) is 42.7 Å². The summed E-state index contributed by atoms with van der Waals surface area (Å²) in [5.74, 6) is 0.888. The van der Waals surface area contributed by atoms with Gasteiger partial charge < -0.3 is 10.1 Å². The van der Waals surface area contributed by atoms with E-state index in [1.54, 1.807) is 6.20 Å². The average molecular weight is 291 g/mol. The first-order valence-corrected chi connectivity index (χ1v) is 7.18. The van der Waals surface area contributed by atoms with Crippen LogP contribution in [0.25, 0.3) is 0 Å². The van der Waals surface area contributed by atoms with E-state index in [-0.39, 0.29) is 0 Å². The molecule has 4 heteroatoms. The van der Waals surface area contributed by atoms with E-state index in [9.17, 15) is 0 Å². The van der Waals surface area contributed by atoms with Gasteiger partial charge >= 0.3 is 0 Å². The molecule has 1 aromatic heterocycles. The van der Waals surface area contributed by atoms with Crippen LogP contribution < -0.4 is 10.1 Å². The van der Waals surface area contributed by atoms with Crippen molar-refractivity contribution in [3.63, 3.8) is 0 Å². The largest absolute Gasteiger partial charge is 0.493 e. The van der Waals surface area contributed by atoms with Gasteiger partial charge in [-0.05, 0) is 36.4 Å². The van der Waals surface area contributed by atoms with Gasteiger partial charge in [-0.3, -0.25) is 4.98 Å². The third-order valence-corrected chi connectivity index (χ3v) is 3.19. The molecule has 0 bridgehead atoms. The molecule has 0 radical (unpaired) electrons. The lowest BCUT2D eigenvalue weighted by Gasteiger charge is -2.12. The lowest BCUT2D eigenvalue weighted by Crippen LogP contribution is -2.13. The fourth-order valence-electron chi connectivity index (χ4n) is 1.91. The summed E-state index contributed by atoms with van der Waals surface area (Å²) in [6.45, 7) is 4.39. The molecule has 2 rings (SSSR count). The molecule has 1 aromatic carbocycles. The summed E-state index contributed by atoms with van der Waals surface area (Å²) in [7, 11) is 0. The van der Waals surface area contributed by atoms with Crippen LogP contribution in [0.1, 0.15) is 18.1 Å². The van der Waals surface area contributed by atoms with Crippen LogP contribution in [0.4, 0.5) is 0 Å². The maximum atomic E-state index is 6.03. The highest BCUT2D eigenvalue weighted by Gasteiger charge is 2.04. The van der Waals surface area contributed by atoms with Crippen molar-refractivity contribution in [2.45, 2.75) is 19.9 Å². The molecule has 0 aliphatic carbocycles. The van der Waals surface area contributed by atoms with Crippen LogP contribution in [-0.2, 0) is 13.0 Å². The molecule has 106 valence electrons. The molecule has 3 nitrogen and oxygen atoms in total. The number of nitrogens with one attached hydrogen (secondary N) is 1. The first-order chi connectivity index (χ1) is 9.79. The van der Waals surface area contributed by atoms with Gasteiger partial charge in [-0.1, -0.05) is 24.6 Å². The Kier molecular flexibility index (Phi) is 5.84. The van der Waals surface area contributed by atoms with Crippen molar-refractivity contribution in [1.82, 2.24) is 10.3 Å². The third-order valence-electron chi connectivity index (χ3n) is 2.96. The molecule has 0 aliphatic heterocycles. The third kappa shape index (κ3) is 4.51. The van der Waals surface area contributed by atoms with Crippen LogP contribution in [0.5, 0.6) is 5.75 Å². The standard InChI is InChI=1S/C16H19ClN2O/c1-2-18-12-14-10-15(17)5-6-16(14)20-9-7-13-4-3-8-19-11-13/h3-6,8,10-11,18H,2,7,9,12H2,1H3. The van der Waals surface area contributed by atoms with Gasteiger partial charge in [0.25, 0.3) is 0 Å². The number of hydrogen-bond acceptors (Lipinski definition) is 3. The van der Waals surface area contributed by atoms with Crippen molar-refractivity contribution >= 4 is 11.6 Å². The molecule has 1 N–H and O–H groups in total. The highest BCUT2D eigenvalue weighted by atomic mass is 35.5. The molecule has 0 fully saturated rings. The highest BCUT2D eigenvalue weighted by molar-refractivity contribution is 6.30. The summed E-state index contributed by atoms with van der Waals surface area (Å²) in [5.41, 5.74) is 2.26. The van der Waals surface area contributed by atoms with Crippen molar-refractivity contribution in [3.05, 3.63) is 58.9 Å². The molecule has 0 atom stereocenters. The molecular formula is C16H19ClN2O. The number of aromatic nitrogens is 1. The van der Waals surface area contributed by atoms with Crippen LogP contribution in [-0.4, -0.2) is 18.1 Å². The van der Waals surface area contributed by atoms with E-state index in [1.165, 1.54) is 5.56 Å². The van der Waals surface area contributed by atoms with E-state index in [2.05, 4.69) is 23.3 Å². The Labute approximate surface area is 124 Å². The Morgan fingerprint density at radius 3 is 2.95 bits per heavy atom. The Hall–Kier alpha value is -1.58. The fourth-order valence-corrected chi connectivity index (χ4v) is 2.11. The molecule has 20 heavy (non-hydrogen) atoms. The summed E-state index contributed by atoms with van der Waals surface area (Å²) in [4.78, 5) is 4.10. The van der Waals surface area contributed by atoms with Crippen molar-refractivity contribution in [1.29, 1.82) is 0 Å². The molecule has 2 aromatic rings. The molecule has 0 amide bonds. The van der Waals surface area contributed by atoms with E-state index in [4.69, 9.17) is 16.3 Å². The number of nitrogens with zero attached hydrogens (tertiary/aromatic N) is 1. The van der Waals surface area contributed by atoms with Gasteiger partial charge in [0, 0.05) is 35.9 Å². The monoisotopic (exact) mass is 290 g/mol. The zero-order valence-corrected chi connectivity index (χ0v) is 12.4. The first-order valence-electron chi connectivity index (χ1n) is 6.80. The molecule has 0 aliphatic rings. The lowest BCUT2D eigenvalue weighted by atomic mass is 10.2. The van der Waals surface area contributed by atoms with Gasteiger partial charge in [-0.2, -0.15) is 0 Å². The minimum Gasteiger partial charge on any atom is -0.493 e. The number of halogens is 1. The van der Waals surface area contributed by atoms with Crippen molar-refractivity contribution < 1.29 is 4.74 Å². The number of hydrogen-bond donors (Lipinski definition) is 1. The van der Waals surface area contributed by atoms with Crippen LogP contribution in [0, 0.1) is 0 Å². The quantitative estimate of drug-likeness (QED) is 0.848. The molecule has 1 heterocycles. The van der Waals surface area contributed by atoms with E-state index in [0.29, 0.717) is 6.61 Å². The van der Waals surface area contributed by atoms with E-state index in [1.807, 2.05) is 30.5 Å². The molecule has 0 unspecified atom stereocenters. The van der Waals surface area contributed by atoms with Gasteiger partial charge in [0.15, 0.2) is 0 Å². The number of rotatable bonds is 7. The fraction of sp³-hybridized carbons (Fsp3) is 0.312. The van der Waals surface area contributed by atoms with Crippen LogP contribution >= 0.6 is 11.6 Å². The predicted octanol–water partition coefficient (Wildman–Crippen LogP) is 3.47. The average Bonchev–Trinajstić information content (AvgIpc) is 2.48. The summed E-state index contributed by atoms with van der Waals surface area (Å²) < 4.78 is 5.87. The number of pyridine rings is 1. The minimum atomic E-state index is 0.631. The molecule has 0 saturated heterocycles. The summed E-state index contributed by atoms with van der Waals surface area (Å²) in [6, 6.07) is 9.73. The second-order valence-corrected chi connectivity index (χ2v) is 4.93. The number of benzene rings is 1. The van der Waals surface area contributed by atoms with Gasteiger partial charge in [0.05, 0.1) is 6.61 Å². The maximum Gasteiger partial charge on any atom is 0.123 e. The minimum absolute atomic E-state index is 0.631.